The summed E-state index contributed by atoms with van der Waals surface area (Å²) in [6, 6.07) is 6.16. The van der Waals surface area contributed by atoms with Gasteiger partial charge in [-0.3, -0.25) is 4.79 Å². The van der Waals surface area contributed by atoms with Crippen LogP contribution in [0.1, 0.15) is 36.8 Å². The molecule has 1 saturated heterocycles. The number of carbonyl (C=O) groups is 1. The largest absolute Gasteiger partial charge is 0.338 e. The zero-order valence-electron chi connectivity index (χ0n) is 10.2. The minimum Gasteiger partial charge on any atom is -0.338 e. The van der Waals surface area contributed by atoms with Gasteiger partial charge in [0, 0.05) is 19.5 Å². The van der Waals surface area contributed by atoms with E-state index in [0.29, 0.717) is 24.1 Å². The van der Waals surface area contributed by atoms with Crippen LogP contribution in [-0.2, 0) is 11.3 Å². The molecule has 1 amide bonds. The Hall–Kier alpha value is -1.89. The lowest BCUT2D eigenvalue weighted by Gasteiger charge is -2.20. The Labute approximate surface area is 106 Å². The topological polar surface area (TPSA) is 44.1 Å². The molecule has 1 aliphatic rings. The predicted octanol–water partition coefficient (Wildman–Crippen LogP) is 2.60. The molecule has 4 heteroatoms. The first-order chi connectivity index (χ1) is 8.69. The number of likely N-dealkylation sites (tertiary alicyclic amines) is 1. The number of nitrogens with zero attached hydrogens (tertiary/aromatic N) is 2. The summed E-state index contributed by atoms with van der Waals surface area (Å²) in [4.78, 5) is 13.6. The van der Waals surface area contributed by atoms with Gasteiger partial charge in [0.2, 0.25) is 5.91 Å². The van der Waals surface area contributed by atoms with Crippen molar-refractivity contribution in [3.63, 3.8) is 0 Å². The second-order valence-electron chi connectivity index (χ2n) is 4.59. The van der Waals surface area contributed by atoms with Gasteiger partial charge in [0.25, 0.3) is 0 Å². The Morgan fingerprint density at radius 3 is 2.89 bits per heavy atom. The Bertz CT molecular complexity index is 493. The molecule has 0 radical (unpaired) electrons. The summed E-state index contributed by atoms with van der Waals surface area (Å²) >= 11 is 0. The summed E-state index contributed by atoms with van der Waals surface area (Å²) in [5, 5.41) is 8.79. The highest BCUT2D eigenvalue weighted by atomic mass is 19.1. The van der Waals surface area contributed by atoms with Gasteiger partial charge >= 0.3 is 0 Å². The van der Waals surface area contributed by atoms with Crippen LogP contribution in [0.4, 0.5) is 4.39 Å². The van der Waals surface area contributed by atoms with Crippen molar-refractivity contribution in [1.82, 2.24) is 4.90 Å². The maximum Gasteiger partial charge on any atom is 0.222 e. The van der Waals surface area contributed by atoms with Crippen molar-refractivity contribution in [1.29, 1.82) is 5.26 Å². The fourth-order valence-corrected chi connectivity index (χ4v) is 2.23. The van der Waals surface area contributed by atoms with E-state index in [1.54, 1.807) is 11.0 Å². The fraction of sp³-hybridized carbons (Fsp3) is 0.429. The first-order valence-electron chi connectivity index (χ1n) is 6.16. The van der Waals surface area contributed by atoms with Crippen molar-refractivity contribution in [2.24, 2.45) is 0 Å². The van der Waals surface area contributed by atoms with E-state index in [1.165, 1.54) is 12.1 Å². The summed E-state index contributed by atoms with van der Waals surface area (Å²) in [6.45, 7) is 1.11. The molecule has 0 bridgehead atoms. The van der Waals surface area contributed by atoms with Crippen LogP contribution in [0.25, 0.3) is 0 Å². The fourth-order valence-electron chi connectivity index (χ4n) is 2.23. The van der Waals surface area contributed by atoms with Crippen LogP contribution in [0.5, 0.6) is 0 Å². The standard InChI is InChI=1S/C14H15FN2O/c15-13-7-11(9-16)6-12(8-13)10-17-5-3-1-2-4-14(17)18/h6-8H,1-5,10H2. The summed E-state index contributed by atoms with van der Waals surface area (Å²) in [5.41, 5.74) is 0.981. The van der Waals surface area contributed by atoms with Crippen molar-refractivity contribution in [3.8, 4) is 6.07 Å². The van der Waals surface area contributed by atoms with Crippen LogP contribution in [0.3, 0.4) is 0 Å². The molecular formula is C14H15FN2O. The van der Waals surface area contributed by atoms with Crippen molar-refractivity contribution < 1.29 is 9.18 Å². The van der Waals surface area contributed by atoms with E-state index in [9.17, 15) is 9.18 Å². The maximum atomic E-state index is 13.3. The van der Waals surface area contributed by atoms with Gasteiger partial charge in [-0.05, 0) is 36.6 Å². The number of hydrogen-bond donors (Lipinski definition) is 0. The van der Waals surface area contributed by atoms with E-state index in [-0.39, 0.29) is 5.91 Å². The van der Waals surface area contributed by atoms with Crippen molar-refractivity contribution in [3.05, 3.63) is 35.1 Å². The number of halogens is 1. The van der Waals surface area contributed by atoms with E-state index in [1.807, 2.05) is 6.07 Å². The van der Waals surface area contributed by atoms with Crippen molar-refractivity contribution in [2.75, 3.05) is 6.54 Å². The van der Waals surface area contributed by atoms with Crippen molar-refractivity contribution >= 4 is 5.91 Å². The number of amides is 1. The minimum atomic E-state index is -0.425. The number of hydrogen-bond acceptors (Lipinski definition) is 2. The number of nitriles is 1. The van der Waals surface area contributed by atoms with Gasteiger partial charge < -0.3 is 4.90 Å². The zero-order chi connectivity index (χ0) is 13.0. The van der Waals surface area contributed by atoms with E-state index < -0.39 is 5.82 Å². The molecule has 0 unspecified atom stereocenters. The van der Waals surface area contributed by atoms with E-state index >= 15 is 0 Å². The smallest absolute Gasteiger partial charge is 0.222 e. The average molecular weight is 246 g/mol. The monoisotopic (exact) mass is 246 g/mol. The molecule has 18 heavy (non-hydrogen) atoms. The summed E-state index contributed by atoms with van der Waals surface area (Å²) in [5.74, 6) is -0.304. The molecule has 0 aromatic heterocycles. The SMILES string of the molecule is N#Cc1cc(F)cc(CN2CCCCCC2=O)c1. The molecule has 0 saturated carbocycles. The average Bonchev–Trinajstić information content (AvgIpc) is 2.54. The van der Waals surface area contributed by atoms with Crippen LogP contribution >= 0.6 is 0 Å². The third-order valence-corrected chi connectivity index (χ3v) is 3.13. The van der Waals surface area contributed by atoms with E-state index in [4.69, 9.17) is 5.26 Å². The molecule has 0 spiro atoms. The van der Waals surface area contributed by atoms with Gasteiger partial charge in [-0.2, -0.15) is 5.26 Å². The number of carbonyl (C=O) groups excluding carboxylic acids is 1. The normalized spacial score (nSPS) is 16.2. The molecular weight excluding hydrogens is 231 g/mol. The molecule has 0 N–H and O–H groups in total. The molecule has 1 aromatic rings. The zero-order valence-corrected chi connectivity index (χ0v) is 10.2. The molecule has 2 rings (SSSR count). The Balaban J connectivity index is 2.15. The van der Waals surface area contributed by atoms with Crippen molar-refractivity contribution in [2.45, 2.75) is 32.2 Å². The minimum absolute atomic E-state index is 0.121. The Kier molecular flexibility index (Phi) is 3.93. The van der Waals surface area contributed by atoms with Crippen LogP contribution < -0.4 is 0 Å². The maximum absolute atomic E-state index is 13.3. The molecule has 0 aliphatic carbocycles. The van der Waals surface area contributed by atoms with Gasteiger partial charge in [-0.25, -0.2) is 4.39 Å². The molecule has 1 heterocycles. The molecule has 0 atom stereocenters. The first-order valence-corrected chi connectivity index (χ1v) is 6.16. The molecule has 1 fully saturated rings. The van der Waals surface area contributed by atoms with Gasteiger partial charge in [-0.1, -0.05) is 6.42 Å². The lowest BCUT2D eigenvalue weighted by atomic mass is 10.1. The Morgan fingerprint density at radius 1 is 1.28 bits per heavy atom. The number of rotatable bonds is 2. The van der Waals surface area contributed by atoms with Gasteiger partial charge in [0.15, 0.2) is 0 Å². The van der Waals surface area contributed by atoms with E-state index in [2.05, 4.69) is 0 Å². The van der Waals surface area contributed by atoms with Crippen LogP contribution in [0.15, 0.2) is 18.2 Å². The molecule has 94 valence electrons. The van der Waals surface area contributed by atoms with Gasteiger partial charge in [-0.15, -0.1) is 0 Å². The van der Waals surface area contributed by atoms with Crippen LogP contribution in [-0.4, -0.2) is 17.4 Å². The third kappa shape index (κ3) is 3.07. The molecule has 1 aromatic carbocycles. The molecule has 1 aliphatic heterocycles. The Morgan fingerprint density at radius 2 is 2.11 bits per heavy atom. The highest BCUT2D eigenvalue weighted by Crippen LogP contribution is 2.16. The first kappa shape index (κ1) is 12.6. The lowest BCUT2D eigenvalue weighted by molar-refractivity contribution is -0.131. The summed E-state index contributed by atoms with van der Waals surface area (Å²) in [7, 11) is 0. The van der Waals surface area contributed by atoms with Gasteiger partial charge in [0.1, 0.15) is 5.82 Å². The lowest BCUT2D eigenvalue weighted by Crippen LogP contribution is -2.29. The summed E-state index contributed by atoms with van der Waals surface area (Å²) in [6.07, 6.45) is 3.56. The quantitative estimate of drug-likeness (QED) is 0.805. The van der Waals surface area contributed by atoms with Crippen LogP contribution in [0, 0.1) is 17.1 Å². The van der Waals surface area contributed by atoms with Gasteiger partial charge in [0.05, 0.1) is 11.6 Å². The summed E-state index contributed by atoms with van der Waals surface area (Å²) < 4.78 is 13.3. The third-order valence-electron chi connectivity index (χ3n) is 3.13. The highest BCUT2D eigenvalue weighted by Gasteiger charge is 2.17. The second-order valence-corrected chi connectivity index (χ2v) is 4.59. The van der Waals surface area contributed by atoms with E-state index in [0.717, 1.165) is 25.8 Å². The predicted molar refractivity (Wildman–Crippen MR) is 65.0 cm³/mol. The second kappa shape index (κ2) is 5.63. The molecule has 3 nitrogen and oxygen atoms in total. The number of benzene rings is 1. The highest BCUT2D eigenvalue weighted by molar-refractivity contribution is 5.76. The van der Waals surface area contributed by atoms with Crippen LogP contribution in [0.2, 0.25) is 0 Å².